The predicted octanol–water partition coefficient (Wildman–Crippen LogP) is 10.1. The molecule has 0 saturated carbocycles. The van der Waals surface area contributed by atoms with Gasteiger partial charge in [0.25, 0.3) is 0 Å². The first kappa shape index (κ1) is 22.4. The van der Waals surface area contributed by atoms with Crippen molar-refractivity contribution >= 4 is 75.1 Å². The van der Waals surface area contributed by atoms with Gasteiger partial charge in [0.15, 0.2) is 0 Å². The lowest BCUT2D eigenvalue weighted by Crippen LogP contribution is -1.95. The first-order valence-corrected chi connectivity index (χ1v) is 14.5. The van der Waals surface area contributed by atoms with Crippen molar-refractivity contribution in [2.45, 2.75) is 0 Å². The molecule has 0 aliphatic carbocycles. The first-order valence-electron chi connectivity index (χ1n) is 13.7. The molecular formula is C37H21N3S. The normalized spacial score (nSPS) is 11.9. The lowest BCUT2D eigenvalue weighted by molar-refractivity contribution is 1.17. The summed E-state index contributed by atoms with van der Waals surface area (Å²) in [5, 5.41) is 17.0. The van der Waals surface area contributed by atoms with E-state index in [1.54, 1.807) is 0 Å². The third-order valence-corrected chi connectivity index (χ3v) is 9.50. The van der Waals surface area contributed by atoms with E-state index in [-0.39, 0.29) is 0 Å². The van der Waals surface area contributed by atoms with Crippen LogP contribution in [0.4, 0.5) is 0 Å². The van der Waals surface area contributed by atoms with Crippen molar-refractivity contribution in [2.75, 3.05) is 0 Å². The number of aromatic nitrogens is 2. The fourth-order valence-electron chi connectivity index (χ4n) is 6.62. The fraction of sp³-hybridized carbons (Fsp3) is 0. The number of benzene rings is 6. The molecule has 6 aromatic carbocycles. The molecule has 3 aromatic heterocycles. The lowest BCUT2D eigenvalue weighted by atomic mass is 10.1. The van der Waals surface area contributed by atoms with Crippen LogP contribution in [0.3, 0.4) is 0 Å². The molecule has 3 heterocycles. The van der Waals surface area contributed by atoms with Gasteiger partial charge in [-0.1, -0.05) is 60.7 Å². The van der Waals surface area contributed by atoms with Crippen LogP contribution in [-0.2, 0) is 0 Å². The van der Waals surface area contributed by atoms with Gasteiger partial charge in [-0.3, -0.25) is 0 Å². The molecule has 0 N–H and O–H groups in total. The minimum absolute atomic E-state index is 0.700. The number of para-hydroxylation sites is 2. The molecule has 0 fully saturated rings. The number of fused-ring (bicyclic) bond motifs is 9. The van der Waals surface area contributed by atoms with Crippen molar-refractivity contribution in [2.24, 2.45) is 0 Å². The van der Waals surface area contributed by atoms with Gasteiger partial charge in [-0.2, -0.15) is 5.26 Å². The maximum atomic E-state index is 9.89. The van der Waals surface area contributed by atoms with Crippen molar-refractivity contribution in [3.63, 3.8) is 0 Å². The van der Waals surface area contributed by atoms with E-state index in [0.717, 1.165) is 33.2 Å². The number of nitrogens with zero attached hydrogens (tertiary/aromatic N) is 3. The smallest absolute Gasteiger partial charge is 0.0998 e. The van der Waals surface area contributed by atoms with E-state index >= 15 is 0 Å². The summed E-state index contributed by atoms with van der Waals surface area (Å²) in [5.74, 6) is 0. The average Bonchev–Trinajstić information content (AvgIpc) is 3.68. The summed E-state index contributed by atoms with van der Waals surface area (Å²) >= 11 is 1.85. The summed E-state index contributed by atoms with van der Waals surface area (Å²) in [6.07, 6.45) is 0. The summed E-state index contributed by atoms with van der Waals surface area (Å²) in [6.45, 7) is 0. The Morgan fingerprint density at radius 3 is 1.88 bits per heavy atom. The van der Waals surface area contributed by atoms with E-state index in [9.17, 15) is 5.26 Å². The second-order valence-electron chi connectivity index (χ2n) is 10.5. The van der Waals surface area contributed by atoms with Gasteiger partial charge in [-0.25, -0.2) is 0 Å². The molecule has 9 rings (SSSR count). The molecule has 0 bridgehead atoms. The van der Waals surface area contributed by atoms with Crippen LogP contribution in [0.25, 0.3) is 75.2 Å². The van der Waals surface area contributed by atoms with E-state index in [2.05, 4.69) is 124 Å². The second-order valence-corrected chi connectivity index (χ2v) is 11.6. The number of nitriles is 1. The SMILES string of the molecule is N#Cc1cccc2c1c1ccccc1n2-c1ccc2c(c1)c1ccccc1n2-c1ccc2sc3ccccc3c2c1. The number of hydrogen-bond donors (Lipinski definition) is 0. The first-order chi connectivity index (χ1) is 20.3. The zero-order chi connectivity index (χ0) is 27.1. The molecule has 4 heteroatoms. The highest BCUT2D eigenvalue weighted by molar-refractivity contribution is 7.25. The maximum Gasteiger partial charge on any atom is 0.0998 e. The minimum atomic E-state index is 0.700. The van der Waals surface area contributed by atoms with Gasteiger partial charge in [-0.05, 0) is 66.7 Å². The molecule has 0 aliphatic heterocycles. The van der Waals surface area contributed by atoms with Crippen LogP contribution in [0.5, 0.6) is 0 Å². The van der Waals surface area contributed by atoms with Gasteiger partial charge in [0.1, 0.15) is 0 Å². The highest BCUT2D eigenvalue weighted by Crippen LogP contribution is 2.39. The van der Waals surface area contributed by atoms with E-state index in [0.29, 0.717) is 5.56 Å². The number of hydrogen-bond acceptors (Lipinski definition) is 2. The highest BCUT2D eigenvalue weighted by Gasteiger charge is 2.18. The summed E-state index contributed by atoms with van der Waals surface area (Å²) < 4.78 is 7.30. The van der Waals surface area contributed by atoms with Gasteiger partial charge in [0, 0.05) is 53.1 Å². The maximum absolute atomic E-state index is 9.89. The molecule has 0 saturated heterocycles. The molecule has 0 spiro atoms. The molecule has 190 valence electrons. The van der Waals surface area contributed by atoms with Crippen LogP contribution in [-0.4, -0.2) is 9.13 Å². The zero-order valence-corrected chi connectivity index (χ0v) is 22.7. The third-order valence-electron chi connectivity index (χ3n) is 8.35. The van der Waals surface area contributed by atoms with Gasteiger partial charge in [0.05, 0.1) is 33.7 Å². The summed E-state index contributed by atoms with van der Waals surface area (Å²) in [6, 6.07) is 47.7. The fourth-order valence-corrected chi connectivity index (χ4v) is 7.71. The van der Waals surface area contributed by atoms with Crippen LogP contribution in [0.2, 0.25) is 0 Å². The van der Waals surface area contributed by atoms with Crippen molar-refractivity contribution in [3.05, 3.63) is 133 Å². The number of thiophene rings is 1. The van der Waals surface area contributed by atoms with Gasteiger partial charge >= 0.3 is 0 Å². The molecule has 41 heavy (non-hydrogen) atoms. The Morgan fingerprint density at radius 1 is 0.463 bits per heavy atom. The zero-order valence-electron chi connectivity index (χ0n) is 21.9. The minimum Gasteiger partial charge on any atom is -0.309 e. The van der Waals surface area contributed by atoms with Crippen LogP contribution >= 0.6 is 11.3 Å². The molecule has 9 aromatic rings. The number of rotatable bonds is 2. The summed E-state index contributed by atoms with van der Waals surface area (Å²) in [5.41, 5.74) is 7.45. The van der Waals surface area contributed by atoms with Gasteiger partial charge in [0.2, 0.25) is 0 Å². The Hall–Kier alpha value is -5.37. The highest BCUT2D eigenvalue weighted by atomic mass is 32.1. The Balaban J connectivity index is 1.34. The summed E-state index contributed by atoms with van der Waals surface area (Å²) in [4.78, 5) is 0. The lowest BCUT2D eigenvalue weighted by Gasteiger charge is -2.11. The molecule has 0 atom stereocenters. The van der Waals surface area contributed by atoms with Crippen molar-refractivity contribution in [1.29, 1.82) is 5.26 Å². The standard InChI is InChI=1S/C37H21N3S/c38-22-23-8-7-14-34-37(23)28-11-2-5-13-32(28)40(34)24-16-18-33-29(20-24)26-9-1-4-12-31(26)39(33)25-17-19-36-30(21-25)27-10-3-6-15-35(27)41-36/h1-21H. The Bertz CT molecular complexity index is 2550. The van der Waals surface area contributed by atoms with Crippen molar-refractivity contribution in [1.82, 2.24) is 9.13 Å². The third kappa shape index (κ3) is 3.07. The molecule has 0 radical (unpaired) electrons. The summed E-state index contributed by atoms with van der Waals surface area (Å²) in [7, 11) is 0. The molecule has 0 aliphatic rings. The van der Waals surface area contributed by atoms with E-state index in [1.807, 2.05) is 29.5 Å². The molecule has 0 amide bonds. The molecule has 0 unspecified atom stereocenters. The second kappa shape index (κ2) is 8.32. The monoisotopic (exact) mass is 539 g/mol. The Morgan fingerprint density at radius 2 is 1.05 bits per heavy atom. The molecular weight excluding hydrogens is 518 g/mol. The topological polar surface area (TPSA) is 33.6 Å². The van der Waals surface area contributed by atoms with E-state index in [4.69, 9.17) is 0 Å². The quantitative estimate of drug-likeness (QED) is 0.215. The molecule has 3 nitrogen and oxygen atoms in total. The Labute approximate surface area is 239 Å². The van der Waals surface area contributed by atoms with Crippen LogP contribution in [0.1, 0.15) is 5.56 Å². The van der Waals surface area contributed by atoms with Crippen LogP contribution in [0, 0.1) is 11.3 Å². The van der Waals surface area contributed by atoms with Crippen LogP contribution < -0.4 is 0 Å². The van der Waals surface area contributed by atoms with Crippen LogP contribution in [0.15, 0.2) is 127 Å². The van der Waals surface area contributed by atoms with Gasteiger partial charge in [-0.15, -0.1) is 11.3 Å². The van der Waals surface area contributed by atoms with Gasteiger partial charge < -0.3 is 9.13 Å². The van der Waals surface area contributed by atoms with E-state index < -0.39 is 0 Å². The van der Waals surface area contributed by atoms with Crippen molar-refractivity contribution < 1.29 is 0 Å². The Kier molecular flexibility index (Phi) is 4.55. The van der Waals surface area contributed by atoms with E-state index in [1.165, 1.54) is 42.0 Å². The largest absolute Gasteiger partial charge is 0.309 e. The average molecular weight is 540 g/mol. The van der Waals surface area contributed by atoms with Crippen molar-refractivity contribution in [3.8, 4) is 17.4 Å². The predicted molar refractivity (Wildman–Crippen MR) is 173 cm³/mol.